The number of aryl methyl sites for hydroxylation is 2. The topological polar surface area (TPSA) is 333 Å². The lowest BCUT2D eigenvalue weighted by Crippen LogP contribution is -2.54. The van der Waals surface area contributed by atoms with Crippen molar-refractivity contribution in [2.75, 3.05) is 143 Å². The monoisotopic (exact) mass is 1180 g/mol. The Labute approximate surface area is 493 Å². The number of carbonyl (C=O) groups is 4. The fourth-order valence-electron chi connectivity index (χ4n) is 9.01. The summed E-state index contributed by atoms with van der Waals surface area (Å²) in [5, 5.41) is 17.0. The third-order valence-corrected chi connectivity index (χ3v) is 14.5. The second kappa shape index (κ2) is 36.0. The Morgan fingerprint density at radius 1 is 0.488 bits per heavy atom. The first kappa shape index (κ1) is 67.8. The van der Waals surface area contributed by atoms with Crippen molar-refractivity contribution in [1.82, 2.24) is 51.8 Å². The maximum atomic E-state index is 12.9. The van der Waals surface area contributed by atoms with Crippen molar-refractivity contribution in [2.24, 2.45) is 0 Å². The summed E-state index contributed by atoms with van der Waals surface area (Å²) < 4.78 is 24.4. The summed E-state index contributed by atoms with van der Waals surface area (Å²) in [7, 11) is 8.72. The van der Waals surface area contributed by atoms with Gasteiger partial charge in [0.25, 0.3) is 11.8 Å². The third kappa shape index (κ3) is 24.8. The molecule has 0 aliphatic heterocycles. The van der Waals surface area contributed by atoms with Crippen molar-refractivity contribution < 1.29 is 47.1 Å². The van der Waals surface area contributed by atoms with Crippen LogP contribution in [0.5, 0.6) is 11.5 Å². The molecule has 0 saturated heterocycles. The number of benzene rings is 2. The zero-order chi connectivity index (χ0) is 59.9. The predicted octanol–water partition coefficient (Wildman–Crippen LogP) is 4.99. The van der Waals surface area contributed by atoms with Gasteiger partial charge in [0.2, 0.25) is 0 Å². The molecule has 2 heterocycles. The van der Waals surface area contributed by atoms with Gasteiger partial charge in [-0.25, -0.2) is 29.5 Å². The minimum Gasteiger partial charge on any atom is -0.491 e. The van der Waals surface area contributed by atoms with Gasteiger partial charge >= 0.3 is 12.1 Å². The molecule has 6 amide bonds. The molecule has 14 N–H and O–H groups in total. The maximum absolute atomic E-state index is 12.9. The number of carbonyl (C=O) groups excluding carboxylic acids is 4. The second-order valence-corrected chi connectivity index (χ2v) is 21.8. The van der Waals surface area contributed by atoms with Crippen molar-refractivity contribution in [3.63, 3.8) is 0 Å². The molecule has 2 unspecified atom stereocenters. The highest BCUT2D eigenvalue weighted by molar-refractivity contribution is 6.32. The number of nitrogens with zero attached hydrogens (tertiary/aromatic N) is 6. The van der Waals surface area contributed by atoms with E-state index in [0.717, 1.165) is 84.9 Å². The van der Waals surface area contributed by atoms with Gasteiger partial charge in [-0.3, -0.25) is 9.59 Å². The molecule has 0 spiro atoms. The number of hydrogen-bond acceptors (Lipinski definition) is 16. The van der Waals surface area contributed by atoms with Crippen LogP contribution >= 0.6 is 23.2 Å². The Balaban J connectivity index is 0.934. The standard InChI is InChI=1S/C56H88Cl2N16O8/c1-7-13-41(37-67-53(75)45-49(59)71-51(61)47(57)69-45)73(3,4)29-11-15-39-17-21-43(22-18-39)81-35-33-79-31-27-65-55(77)63-25-9-10-26-64-56(78)66-28-32-80-34-36-82-44-23-19-40(20-24-44)16-12-30-74(5,6)42(14-8-2)38-68-54(76)46-50(60)72-52(62)48(58)70-46/h17-24,41-42H,7-16,25-38H2,1-6H3,(H12-2,59,60,61,62,63,64,65,66,67,68,71,72,75,76,77,78)/p+2. The molecule has 0 saturated carbocycles. The van der Waals surface area contributed by atoms with Crippen molar-refractivity contribution in [3.05, 3.63) is 81.4 Å². The number of nitrogens with two attached hydrogens (primary N) is 4. The maximum Gasteiger partial charge on any atom is 0.314 e. The first-order chi connectivity index (χ1) is 39.2. The lowest BCUT2D eigenvalue weighted by molar-refractivity contribution is -0.914. The van der Waals surface area contributed by atoms with Crippen LogP contribution in [-0.2, 0) is 22.3 Å². The number of nitrogens with one attached hydrogen (secondary N) is 6. The summed E-state index contributed by atoms with van der Waals surface area (Å²) in [6.45, 7) is 10.8. The normalized spacial score (nSPS) is 12.2. The number of quaternary nitrogens is 2. The number of halogens is 2. The van der Waals surface area contributed by atoms with Gasteiger partial charge in [0.1, 0.15) is 36.8 Å². The highest BCUT2D eigenvalue weighted by Crippen LogP contribution is 2.22. The van der Waals surface area contributed by atoms with Gasteiger partial charge in [-0.1, -0.05) is 74.2 Å². The van der Waals surface area contributed by atoms with Crippen LogP contribution in [-0.4, -0.2) is 185 Å². The van der Waals surface area contributed by atoms with Crippen molar-refractivity contribution in [3.8, 4) is 11.5 Å². The molecular formula is C56H90Cl2N16O8+2. The summed E-state index contributed by atoms with van der Waals surface area (Å²) >= 11 is 11.9. The van der Waals surface area contributed by atoms with Crippen LogP contribution in [0.2, 0.25) is 10.3 Å². The van der Waals surface area contributed by atoms with Crippen LogP contribution in [0.3, 0.4) is 0 Å². The summed E-state index contributed by atoms with van der Waals surface area (Å²) in [6.07, 6.45) is 8.92. The Hall–Kier alpha value is -6.70. The molecule has 0 aliphatic carbocycles. The van der Waals surface area contributed by atoms with Gasteiger partial charge in [-0.15, -0.1) is 0 Å². The van der Waals surface area contributed by atoms with E-state index in [1.54, 1.807) is 0 Å². The number of hydrogen-bond donors (Lipinski definition) is 10. The van der Waals surface area contributed by atoms with Crippen LogP contribution < -0.4 is 64.3 Å². The molecular weight excluding hydrogens is 1100 g/mol. The SMILES string of the molecule is CCCC(CNC(=O)c1nc(Cl)c(N)nc1N)[N+](C)(C)CCCc1ccc(OCCOCCNC(=O)NCCCCNC(=O)NCCOCCOc2ccc(CCC[N+](C)(C)C(CCC)CNC(=O)c3nc(Cl)c(N)nc3N)cc2)cc1. The van der Waals surface area contributed by atoms with Crippen LogP contribution in [0, 0.1) is 0 Å². The smallest absolute Gasteiger partial charge is 0.314 e. The third-order valence-electron chi connectivity index (χ3n) is 13.9. The van der Waals surface area contributed by atoms with Gasteiger partial charge in [-0.05, 0) is 61.1 Å². The number of anilines is 4. The number of amides is 6. The zero-order valence-electron chi connectivity index (χ0n) is 48.8. The average molecular weight is 1190 g/mol. The fourth-order valence-corrected chi connectivity index (χ4v) is 9.27. The Bertz CT molecular complexity index is 2410. The highest BCUT2D eigenvalue weighted by Gasteiger charge is 2.30. The molecule has 2 atom stereocenters. The van der Waals surface area contributed by atoms with Crippen molar-refractivity contribution in [1.29, 1.82) is 0 Å². The molecule has 0 bridgehead atoms. The van der Waals surface area contributed by atoms with E-state index in [-0.39, 0.29) is 69.1 Å². The molecule has 0 fully saturated rings. The largest absolute Gasteiger partial charge is 0.491 e. The van der Waals surface area contributed by atoms with Gasteiger partial charge < -0.3 is 82.7 Å². The number of urea groups is 2. The van der Waals surface area contributed by atoms with Gasteiger partial charge in [0.15, 0.2) is 45.0 Å². The highest BCUT2D eigenvalue weighted by atomic mass is 35.5. The summed E-state index contributed by atoms with van der Waals surface area (Å²) in [4.78, 5) is 65.9. The quantitative estimate of drug-likeness (QED) is 0.0208. The fraction of sp³-hybridized carbons (Fsp3) is 0.571. The molecule has 26 heteroatoms. The molecule has 82 heavy (non-hydrogen) atoms. The molecule has 4 rings (SSSR count). The van der Waals surface area contributed by atoms with E-state index in [0.29, 0.717) is 91.8 Å². The zero-order valence-corrected chi connectivity index (χ0v) is 50.3. The average Bonchev–Trinajstić information content (AvgIpc) is 3.51. The number of ether oxygens (including phenoxy) is 4. The van der Waals surface area contributed by atoms with Crippen LogP contribution in [0.25, 0.3) is 0 Å². The Morgan fingerprint density at radius 2 is 0.854 bits per heavy atom. The van der Waals surface area contributed by atoms with Crippen LogP contribution in [0.15, 0.2) is 48.5 Å². The lowest BCUT2D eigenvalue weighted by atomic mass is 10.1. The van der Waals surface area contributed by atoms with E-state index >= 15 is 0 Å². The predicted molar refractivity (Wildman–Crippen MR) is 322 cm³/mol. The molecule has 0 aliphatic rings. The molecule has 2 aromatic heterocycles. The minimum atomic E-state index is -0.434. The Morgan fingerprint density at radius 3 is 1.22 bits per heavy atom. The Kier molecular flexibility index (Phi) is 29.8. The molecule has 24 nitrogen and oxygen atoms in total. The molecule has 4 aromatic rings. The number of aromatic nitrogens is 4. The summed E-state index contributed by atoms with van der Waals surface area (Å²) in [5.41, 5.74) is 25.4. The van der Waals surface area contributed by atoms with Gasteiger partial charge in [0, 0.05) is 51.9 Å². The van der Waals surface area contributed by atoms with E-state index in [1.165, 1.54) is 11.1 Å². The molecule has 2 aromatic carbocycles. The van der Waals surface area contributed by atoms with Gasteiger partial charge in [0.05, 0.1) is 80.8 Å². The summed E-state index contributed by atoms with van der Waals surface area (Å²) in [5.74, 6) is 0.479. The van der Waals surface area contributed by atoms with Crippen molar-refractivity contribution >= 4 is 70.3 Å². The molecule has 454 valence electrons. The van der Waals surface area contributed by atoms with E-state index in [4.69, 9.17) is 65.1 Å². The first-order valence-corrected chi connectivity index (χ1v) is 29.0. The number of rotatable bonds is 39. The second-order valence-electron chi connectivity index (χ2n) is 21.1. The summed E-state index contributed by atoms with van der Waals surface area (Å²) in [6, 6.07) is 15.9. The lowest BCUT2D eigenvalue weighted by Gasteiger charge is -2.38. The number of nitrogen functional groups attached to an aromatic ring is 4. The van der Waals surface area contributed by atoms with E-state index in [1.807, 2.05) is 24.3 Å². The number of unbranched alkanes of at least 4 members (excludes halogenated alkanes) is 1. The van der Waals surface area contributed by atoms with Crippen LogP contribution in [0.1, 0.15) is 97.3 Å². The molecule has 0 radical (unpaired) electrons. The van der Waals surface area contributed by atoms with E-state index in [2.05, 4.69) is 118 Å². The van der Waals surface area contributed by atoms with E-state index in [9.17, 15) is 19.2 Å². The minimum absolute atomic E-state index is 0.0194. The van der Waals surface area contributed by atoms with Crippen LogP contribution in [0.4, 0.5) is 32.9 Å². The van der Waals surface area contributed by atoms with E-state index < -0.39 is 11.8 Å². The van der Waals surface area contributed by atoms with Gasteiger partial charge in [-0.2, -0.15) is 0 Å². The number of likely N-dealkylation sites (N-methyl/N-ethyl adjacent to an activating group) is 2. The first-order valence-electron chi connectivity index (χ1n) is 28.2. The van der Waals surface area contributed by atoms with Crippen molar-refractivity contribution in [2.45, 2.75) is 90.1 Å².